The Morgan fingerprint density at radius 3 is 2.77 bits per heavy atom. The molecular weight excluding hydrogens is 276 g/mol. The summed E-state index contributed by atoms with van der Waals surface area (Å²) in [4.78, 5) is 13.6. The fourth-order valence-corrected chi connectivity index (χ4v) is 4.34. The zero-order chi connectivity index (χ0) is 15.8. The number of carbonyl (C=O) groups is 1. The van der Waals surface area contributed by atoms with Gasteiger partial charge in [-0.2, -0.15) is 0 Å². The molecule has 4 nitrogen and oxygen atoms in total. The molecule has 128 valence electrons. The molecule has 3 atom stereocenters. The maximum absolute atomic E-state index is 11.0. The standard InChI is InChI=1S/C18H34N2O2/c1-2-3-4-8-15-9-7-12-20(13-15)14-16-10-5-6-11-17(16)19-18(21)22/h15-17,19H,2-14H2,1H3,(H,21,22)/t15?,16-,17+/m0/s1. The second kappa shape index (κ2) is 9.39. The largest absolute Gasteiger partial charge is 0.465 e. The van der Waals surface area contributed by atoms with E-state index in [1.165, 1.54) is 70.9 Å². The van der Waals surface area contributed by atoms with Crippen LogP contribution in [0.5, 0.6) is 0 Å². The van der Waals surface area contributed by atoms with Crippen molar-refractivity contribution in [2.45, 2.75) is 77.2 Å². The van der Waals surface area contributed by atoms with Gasteiger partial charge >= 0.3 is 6.09 Å². The molecular formula is C18H34N2O2. The van der Waals surface area contributed by atoms with Crippen LogP contribution in [0.3, 0.4) is 0 Å². The van der Waals surface area contributed by atoms with Gasteiger partial charge in [0.15, 0.2) is 0 Å². The maximum Gasteiger partial charge on any atom is 0.404 e. The van der Waals surface area contributed by atoms with Crippen molar-refractivity contribution in [3.05, 3.63) is 0 Å². The zero-order valence-corrected chi connectivity index (χ0v) is 14.2. The predicted octanol–water partition coefficient (Wildman–Crippen LogP) is 4.11. The summed E-state index contributed by atoms with van der Waals surface area (Å²) in [5, 5.41) is 11.8. The lowest BCUT2D eigenvalue weighted by Gasteiger charge is -2.39. The van der Waals surface area contributed by atoms with Crippen LogP contribution in [0, 0.1) is 11.8 Å². The van der Waals surface area contributed by atoms with Crippen molar-refractivity contribution in [3.8, 4) is 0 Å². The third kappa shape index (κ3) is 5.79. The summed E-state index contributed by atoms with van der Waals surface area (Å²) in [7, 11) is 0. The van der Waals surface area contributed by atoms with E-state index in [2.05, 4.69) is 17.1 Å². The fourth-order valence-electron chi connectivity index (χ4n) is 4.34. The zero-order valence-electron chi connectivity index (χ0n) is 14.2. The van der Waals surface area contributed by atoms with Crippen molar-refractivity contribution in [2.24, 2.45) is 11.8 Å². The molecule has 0 aromatic carbocycles. The maximum atomic E-state index is 11.0. The molecule has 22 heavy (non-hydrogen) atoms. The van der Waals surface area contributed by atoms with Gasteiger partial charge in [-0.05, 0) is 50.5 Å². The minimum absolute atomic E-state index is 0.173. The normalized spacial score (nSPS) is 30.1. The highest BCUT2D eigenvalue weighted by Crippen LogP contribution is 2.28. The number of carboxylic acid groups (broad SMARTS) is 1. The Labute approximate surface area is 135 Å². The molecule has 1 heterocycles. The van der Waals surface area contributed by atoms with Gasteiger partial charge in [0, 0.05) is 19.1 Å². The Morgan fingerprint density at radius 1 is 1.18 bits per heavy atom. The third-order valence-electron chi connectivity index (χ3n) is 5.53. The minimum atomic E-state index is -0.854. The molecule has 1 saturated carbocycles. The number of nitrogens with zero attached hydrogens (tertiary/aromatic N) is 1. The molecule has 2 fully saturated rings. The van der Waals surface area contributed by atoms with Gasteiger partial charge in [0.25, 0.3) is 0 Å². The van der Waals surface area contributed by atoms with E-state index in [0.29, 0.717) is 5.92 Å². The van der Waals surface area contributed by atoms with Crippen LogP contribution in [0.2, 0.25) is 0 Å². The Bertz CT molecular complexity index is 335. The average molecular weight is 310 g/mol. The number of nitrogens with one attached hydrogen (secondary N) is 1. The van der Waals surface area contributed by atoms with E-state index in [1.54, 1.807) is 0 Å². The van der Waals surface area contributed by atoms with Crippen molar-refractivity contribution in [1.29, 1.82) is 0 Å². The van der Waals surface area contributed by atoms with Crippen molar-refractivity contribution in [2.75, 3.05) is 19.6 Å². The van der Waals surface area contributed by atoms with Gasteiger partial charge in [-0.1, -0.05) is 39.0 Å². The monoisotopic (exact) mass is 310 g/mol. The first kappa shape index (κ1) is 17.6. The van der Waals surface area contributed by atoms with Crippen molar-refractivity contribution in [1.82, 2.24) is 10.2 Å². The molecule has 1 aliphatic heterocycles. The number of hydrogen-bond acceptors (Lipinski definition) is 2. The average Bonchev–Trinajstić information content (AvgIpc) is 2.49. The molecule has 1 unspecified atom stereocenters. The van der Waals surface area contributed by atoms with Crippen LogP contribution in [0.15, 0.2) is 0 Å². The summed E-state index contributed by atoms with van der Waals surface area (Å²) in [6.45, 7) is 5.81. The molecule has 1 aliphatic carbocycles. The van der Waals surface area contributed by atoms with Crippen LogP contribution in [0.25, 0.3) is 0 Å². The van der Waals surface area contributed by atoms with E-state index >= 15 is 0 Å². The Hall–Kier alpha value is -0.770. The van der Waals surface area contributed by atoms with Crippen LogP contribution in [-0.2, 0) is 0 Å². The molecule has 1 amide bonds. The summed E-state index contributed by atoms with van der Waals surface area (Å²) < 4.78 is 0. The van der Waals surface area contributed by atoms with Gasteiger partial charge < -0.3 is 15.3 Å². The van der Waals surface area contributed by atoms with Crippen molar-refractivity contribution < 1.29 is 9.90 Å². The van der Waals surface area contributed by atoms with Crippen molar-refractivity contribution >= 4 is 6.09 Å². The van der Waals surface area contributed by atoms with Crippen LogP contribution in [0.1, 0.15) is 71.1 Å². The number of amides is 1. The molecule has 0 spiro atoms. The molecule has 1 saturated heterocycles. The molecule has 0 bridgehead atoms. The fraction of sp³-hybridized carbons (Fsp3) is 0.944. The number of rotatable bonds is 7. The lowest BCUT2D eigenvalue weighted by Crippen LogP contribution is -2.47. The molecule has 2 N–H and O–H groups in total. The Balaban J connectivity index is 1.78. The third-order valence-corrected chi connectivity index (χ3v) is 5.53. The minimum Gasteiger partial charge on any atom is -0.465 e. The summed E-state index contributed by atoms with van der Waals surface area (Å²) in [6, 6.07) is 0.173. The summed E-state index contributed by atoms with van der Waals surface area (Å²) >= 11 is 0. The van der Waals surface area contributed by atoms with Crippen LogP contribution in [-0.4, -0.2) is 41.8 Å². The second-order valence-electron chi connectivity index (χ2n) is 7.36. The second-order valence-corrected chi connectivity index (χ2v) is 7.36. The first-order valence-corrected chi connectivity index (χ1v) is 9.41. The Morgan fingerprint density at radius 2 is 2.00 bits per heavy atom. The molecule has 0 aromatic rings. The molecule has 2 rings (SSSR count). The van der Waals surface area contributed by atoms with Gasteiger partial charge in [0.05, 0.1) is 0 Å². The number of piperidine rings is 1. The molecule has 2 aliphatic rings. The van der Waals surface area contributed by atoms with Crippen LogP contribution < -0.4 is 5.32 Å². The van der Waals surface area contributed by atoms with E-state index in [-0.39, 0.29) is 6.04 Å². The summed E-state index contributed by atoms with van der Waals surface area (Å²) in [5.41, 5.74) is 0. The molecule has 0 aromatic heterocycles. The van der Waals surface area contributed by atoms with Gasteiger partial charge in [-0.15, -0.1) is 0 Å². The Kier molecular flexibility index (Phi) is 7.50. The van der Waals surface area contributed by atoms with E-state index in [1.807, 2.05) is 0 Å². The first-order chi connectivity index (χ1) is 10.7. The highest BCUT2D eigenvalue weighted by Gasteiger charge is 2.29. The summed E-state index contributed by atoms with van der Waals surface area (Å²) in [5.74, 6) is 1.38. The molecule has 4 heteroatoms. The number of hydrogen-bond donors (Lipinski definition) is 2. The van der Waals surface area contributed by atoms with Gasteiger partial charge in [-0.3, -0.25) is 0 Å². The quantitative estimate of drug-likeness (QED) is 0.696. The highest BCUT2D eigenvalue weighted by atomic mass is 16.4. The van der Waals surface area contributed by atoms with Gasteiger partial charge in [0.2, 0.25) is 0 Å². The first-order valence-electron chi connectivity index (χ1n) is 9.41. The summed E-state index contributed by atoms with van der Waals surface area (Å²) in [6.07, 6.45) is 11.9. The van der Waals surface area contributed by atoms with E-state index < -0.39 is 6.09 Å². The molecule has 0 radical (unpaired) electrons. The lowest BCUT2D eigenvalue weighted by molar-refractivity contribution is 0.114. The van der Waals surface area contributed by atoms with Gasteiger partial charge in [-0.25, -0.2) is 4.79 Å². The lowest BCUT2D eigenvalue weighted by atomic mass is 9.83. The number of likely N-dealkylation sites (tertiary alicyclic amines) is 1. The van der Waals surface area contributed by atoms with Crippen LogP contribution in [0.4, 0.5) is 4.79 Å². The van der Waals surface area contributed by atoms with E-state index in [4.69, 9.17) is 5.11 Å². The number of unbranched alkanes of at least 4 members (excludes halogenated alkanes) is 2. The van der Waals surface area contributed by atoms with Gasteiger partial charge in [0.1, 0.15) is 0 Å². The van der Waals surface area contributed by atoms with Crippen LogP contribution >= 0.6 is 0 Å². The van der Waals surface area contributed by atoms with E-state index in [0.717, 1.165) is 18.9 Å². The van der Waals surface area contributed by atoms with Crippen molar-refractivity contribution in [3.63, 3.8) is 0 Å². The highest BCUT2D eigenvalue weighted by molar-refractivity contribution is 5.64. The SMILES string of the molecule is CCCCCC1CCCN(C[C@@H]2CCCC[C@H]2NC(=O)O)C1. The smallest absolute Gasteiger partial charge is 0.404 e. The predicted molar refractivity (Wildman–Crippen MR) is 90.2 cm³/mol. The van der Waals surface area contributed by atoms with E-state index in [9.17, 15) is 4.79 Å². The topological polar surface area (TPSA) is 52.6 Å².